The number of carbonyl (C=O) groups excluding carboxylic acids is 3. The molecular weight excluding hydrogens is 370 g/mol. The Morgan fingerprint density at radius 2 is 1.68 bits per heavy atom. The molecule has 0 unspecified atom stereocenters. The monoisotopic (exact) mass is 388 g/mol. The third kappa shape index (κ3) is 5.50. The van der Waals surface area contributed by atoms with Crippen LogP contribution in [-0.2, 0) is 4.79 Å². The van der Waals surface area contributed by atoms with Gasteiger partial charge in [0.25, 0.3) is 5.91 Å². The minimum atomic E-state index is -1.09. The average molecular weight is 388 g/mol. The SMILES string of the molecule is O=C(CNC(=O)c1cccc(NC(=O)NC2CC2)c1)Nc1ccc(F)c(F)c1. The lowest BCUT2D eigenvalue weighted by Crippen LogP contribution is -2.33. The molecule has 0 saturated heterocycles. The molecule has 0 heterocycles. The number of amides is 4. The lowest BCUT2D eigenvalue weighted by molar-refractivity contribution is -0.115. The van der Waals surface area contributed by atoms with Gasteiger partial charge in [-0.3, -0.25) is 9.59 Å². The van der Waals surface area contributed by atoms with Crippen LogP contribution in [0, 0.1) is 11.6 Å². The summed E-state index contributed by atoms with van der Waals surface area (Å²) in [5.74, 6) is -3.23. The molecule has 7 nitrogen and oxygen atoms in total. The van der Waals surface area contributed by atoms with Crippen molar-refractivity contribution in [1.29, 1.82) is 0 Å². The summed E-state index contributed by atoms with van der Waals surface area (Å²) in [5, 5.41) is 10.2. The van der Waals surface area contributed by atoms with Crippen molar-refractivity contribution in [2.75, 3.05) is 17.2 Å². The van der Waals surface area contributed by atoms with Crippen molar-refractivity contribution in [3.8, 4) is 0 Å². The first-order valence-electron chi connectivity index (χ1n) is 8.61. The summed E-state index contributed by atoms with van der Waals surface area (Å²) in [4.78, 5) is 35.8. The van der Waals surface area contributed by atoms with Crippen LogP contribution in [0.25, 0.3) is 0 Å². The fraction of sp³-hybridized carbons (Fsp3) is 0.211. The Balaban J connectivity index is 1.50. The highest BCUT2D eigenvalue weighted by Crippen LogP contribution is 2.19. The maximum Gasteiger partial charge on any atom is 0.319 e. The number of urea groups is 1. The molecule has 1 aliphatic carbocycles. The van der Waals surface area contributed by atoms with Gasteiger partial charge in [-0.2, -0.15) is 0 Å². The second kappa shape index (κ2) is 8.47. The molecule has 146 valence electrons. The maximum absolute atomic E-state index is 13.1. The van der Waals surface area contributed by atoms with Crippen LogP contribution in [0.15, 0.2) is 42.5 Å². The molecule has 2 aromatic rings. The standard InChI is InChI=1S/C19H18F2N4O3/c20-15-7-6-14(9-16(15)21)23-17(26)10-22-18(27)11-2-1-3-13(8-11)25-19(28)24-12-4-5-12/h1-3,6-9,12H,4-5,10H2,(H,22,27)(H,23,26)(H2,24,25,28). The number of hydrogen-bond acceptors (Lipinski definition) is 3. The van der Waals surface area contributed by atoms with E-state index in [1.807, 2.05) is 0 Å². The molecule has 0 aliphatic heterocycles. The molecule has 4 N–H and O–H groups in total. The van der Waals surface area contributed by atoms with Gasteiger partial charge in [-0.15, -0.1) is 0 Å². The fourth-order valence-corrected chi connectivity index (χ4v) is 2.36. The van der Waals surface area contributed by atoms with E-state index in [4.69, 9.17) is 0 Å². The molecule has 9 heteroatoms. The summed E-state index contributed by atoms with van der Waals surface area (Å²) in [6.45, 7) is -0.363. The van der Waals surface area contributed by atoms with Crippen LogP contribution < -0.4 is 21.3 Å². The molecule has 28 heavy (non-hydrogen) atoms. The third-order valence-electron chi connectivity index (χ3n) is 3.91. The lowest BCUT2D eigenvalue weighted by Gasteiger charge is -2.09. The smallest absolute Gasteiger partial charge is 0.319 e. The number of rotatable bonds is 6. The van der Waals surface area contributed by atoms with Crippen molar-refractivity contribution in [2.24, 2.45) is 0 Å². The number of carbonyl (C=O) groups is 3. The van der Waals surface area contributed by atoms with Crippen molar-refractivity contribution >= 4 is 29.2 Å². The molecule has 0 atom stereocenters. The van der Waals surface area contributed by atoms with E-state index < -0.39 is 23.4 Å². The zero-order valence-electron chi connectivity index (χ0n) is 14.7. The average Bonchev–Trinajstić information content (AvgIpc) is 3.47. The van der Waals surface area contributed by atoms with Crippen LogP contribution in [0.3, 0.4) is 0 Å². The predicted molar refractivity (Wildman–Crippen MR) is 98.9 cm³/mol. The molecule has 2 aromatic carbocycles. The van der Waals surface area contributed by atoms with E-state index in [1.165, 1.54) is 18.2 Å². The van der Waals surface area contributed by atoms with Gasteiger partial charge in [0.15, 0.2) is 11.6 Å². The Morgan fingerprint density at radius 3 is 2.39 bits per heavy atom. The summed E-state index contributed by atoms with van der Waals surface area (Å²) in [5.41, 5.74) is 0.771. The molecule has 0 spiro atoms. The predicted octanol–water partition coefficient (Wildman–Crippen LogP) is 2.62. The van der Waals surface area contributed by atoms with Gasteiger partial charge in [-0.25, -0.2) is 13.6 Å². The molecule has 1 aliphatic rings. The van der Waals surface area contributed by atoms with Crippen LogP contribution in [-0.4, -0.2) is 30.4 Å². The van der Waals surface area contributed by atoms with E-state index in [1.54, 1.807) is 12.1 Å². The van der Waals surface area contributed by atoms with Gasteiger partial charge in [-0.05, 0) is 43.2 Å². The number of benzene rings is 2. The van der Waals surface area contributed by atoms with Crippen LogP contribution in [0.2, 0.25) is 0 Å². The van der Waals surface area contributed by atoms with Crippen LogP contribution in [0.4, 0.5) is 25.0 Å². The van der Waals surface area contributed by atoms with Crippen LogP contribution in [0.1, 0.15) is 23.2 Å². The largest absolute Gasteiger partial charge is 0.343 e. The summed E-state index contributed by atoms with van der Waals surface area (Å²) in [6.07, 6.45) is 1.92. The molecule has 1 fully saturated rings. The van der Waals surface area contributed by atoms with Crippen molar-refractivity contribution in [3.05, 3.63) is 59.7 Å². The number of nitrogens with one attached hydrogen (secondary N) is 4. The summed E-state index contributed by atoms with van der Waals surface area (Å²) < 4.78 is 26.0. The Hall–Kier alpha value is -3.49. The van der Waals surface area contributed by atoms with Crippen molar-refractivity contribution in [2.45, 2.75) is 18.9 Å². The van der Waals surface area contributed by atoms with Gasteiger partial charge in [0.1, 0.15) is 0 Å². The van der Waals surface area contributed by atoms with E-state index in [0.717, 1.165) is 25.0 Å². The number of anilines is 2. The minimum Gasteiger partial charge on any atom is -0.343 e. The van der Waals surface area contributed by atoms with Gasteiger partial charge >= 0.3 is 6.03 Å². The van der Waals surface area contributed by atoms with Gasteiger partial charge < -0.3 is 21.3 Å². The zero-order chi connectivity index (χ0) is 20.1. The molecule has 0 radical (unpaired) electrons. The van der Waals surface area contributed by atoms with E-state index >= 15 is 0 Å². The number of halogens is 2. The van der Waals surface area contributed by atoms with E-state index in [9.17, 15) is 23.2 Å². The van der Waals surface area contributed by atoms with Gasteiger partial charge in [0, 0.05) is 29.0 Å². The second-order valence-electron chi connectivity index (χ2n) is 6.31. The Kier molecular flexibility index (Phi) is 5.83. The molecule has 4 amide bonds. The Bertz CT molecular complexity index is 916. The first-order valence-corrected chi connectivity index (χ1v) is 8.61. The highest BCUT2D eigenvalue weighted by atomic mass is 19.2. The van der Waals surface area contributed by atoms with Crippen LogP contribution >= 0.6 is 0 Å². The molecule has 3 rings (SSSR count). The third-order valence-corrected chi connectivity index (χ3v) is 3.91. The molecule has 0 bridgehead atoms. The second-order valence-corrected chi connectivity index (χ2v) is 6.31. The Labute approximate surface area is 159 Å². The van der Waals surface area contributed by atoms with E-state index in [0.29, 0.717) is 5.69 Å². The van der Waals surface area contributed by atoms with Crippen molar-refractivity contribution in [3.63, 3.8) is 0 Å². The lowest BCUT2D eigenvalue weighted by atomic mass is 10.2. The highest BCUT2D eigenvalue weighted by molar-refractivity contribution is 6.00. The first-order chi connectivity index (χ1) is 13.4. The van der Waals surface area contributed by atoms with E-state index in [2.05, 4.69) is 21.3 Å². The fourth-order valence-electron chi connectivity index (χ4n) is 2.36. The molecule has 1 saturated carbocycles. The van der Waals surface area contributed by atoms with Gasteiger partial charge in [-0.1, -0.05) is 6.07 Å². The quantitative estimate of drug-likeness (QED) is 0.612. The minimum absolute atomic E-state index is 0.0750. The summed E-state index contributed by atoms with van der Waals surface area (Å²) >= 11 is 0. The van der Waals surface area contributed by atoms with Gasteiger partial charge in [0.2, 0.25) is 5.91 Å². The summed E-state index contributed by atoms with van der Waals surface area (Å²) in [6, 6.07) is 9.06. The first kappa shape index (κ1) is 19.3. The summed E-state index contributed by atoms with van der Waals surface area (Å²) in [7, 11) is 0. The topological polar surface area (TPSA) is 99.3 Å². The molecular formula is C19H18F2N4O3. The zero-order valence-corrected chi connectivity index (χ0v) is 14.7. The highest BCUT2D eigenvalue weighted by Gasteiger charge is 2.23. The maximum atomic E-state index is 13.1. The van der Waals surface area contributed by atoms with Crippen LogP contribution in [0.5, 0.6) is 0 Å². The normalized spacial score (nSPS) is 12.8. The van der Waals surface area contributed by atoms with Crippen molar-refractivity contribution in [1.82, 2.24) is 10.6 Å². The molecule has 0 aromatic heterocycles. The Morgan fingerprint density at radius 1 is 0.929 bits per heavy atom. The van der Waals surface area contributed by atoms with E-state index in [-0.39, 0.29) is 29.9 Å². The van der Waals surface area contributed by atoms with Crippen molar-refractivity contribution < 1.29 is 23.2 Å². The van der Waals surface area contributed by atoms with Gasteiger partial charge in [0.05, 0.1) is 6.54 Å². The number of hydrogen-bond donors (Lipinski definition) is 4.